The summed E-state index contributed by atoms with van der Waals surface area (Å²) >= 11 is 0. The van der Waals surface area contributed by atoms with Crippen molar-refractivity contribution in [1.82, 2.24) is 5.16 Å². The van der Waals surface area contributed by atoms with Gasteiger partial charge < -0.3 is 19.1 Å². The van der Waals surface area contributed by atoms with Gasteiger partial charge in [-0.25, -0.2) is 0 Å². The van der Waals surface area contributed by atoms with Crippen molar-refractivity contribution in [3.63, 3.8) is 0 Å². The summed E-state index contributed by atoms with van der Waals surface area (Å²) < 4.78 is 15.9. The molecule has 0 radical (unpaired) electrons. The van der Waals surface area contributed by atoms with Crippen LogP contribution in [0.4, 0.5) is 0 Å². The molecular weight excluding hydrogens is 234 g/mol. The SMILES string of the molecule is Cc1cc(COc2ccccc2OCCO)no1. The van der Waals surface area contributed by atoms with E-state index in [2.05, 4.69) is 5.16 Å². The van der Waals surface area contributed by atoms with Crippen molar-refractivity contribution in [1.29, 1.82) is 0 Å². The van der Waals surface area contributed by atoms with E-state index in [1.807, 2.05) is 25.1 Å². The Morgan fingerprint density at radius 3 is 2.56 bits per heavy atom. The maximum atomic E-state index is 8.74. The van der Waals surface area contributed by atoms with Crippen molar-refractivity contribution in [2.24, 2.45) is 0 Å². The Labute approximate surface area is 105 Å². The first-order chi connectivity index (χ1) is 8.79. The van der Waals surface area contributed by atoms with Crippen molar-refractivity contribution in [2.75, 3.05) is 13.2 Å². The summed E-state index contributed by atoms with van der Waals surface area (Å²) in [5.41, 5.74) is 0.726. The molecule has 0 aliphatic rings. The fourth-order valence-corrected chi connectivity index (χ4v) is 1.48. The van der Waals surface area contributed by atoms with Gasteiger partial charge in [0.1, 0.15) is 24.7 Å². The summed E-state index contributed by atoms with van der Waals surface area (Å²) in [5, 5.41) is 12.6. The van der Waals surface area contributed by atoms with Gasteiger partial charge in [-0.15, -0.1) is 0 Å². The lowest BCUT2D eigenvalue weighted by Gasteiger charge is -2.10. The fourth-order valence-electron chi connectivity index (χ4n) is 1.48. The van der Waals surface area contributed by atoms with E-state index in [1.165, 1.54) is 0 Å². The number of nitrogens with zero attached hydrogens (tertiary/aromatic N) is 1. The van der Waals surface area contributed by atoms with E-state index in [9.17, 15) is 0 Å². The lowest BCUT2D eigenvalue weighted by atomic mass is 10.3. The number of hydrogen-bond acceptors (Lipinski definition) is 5. The number of benzene rings is 1. The van der Waals surface area contributed by atoms with Gasteiger partial charge in [0.2, 0.25) is 0 Å². The largest absolute Gasteiger partial charge is 0.487 e. The molecule has 0 fully saturated rings. The summed E-state index contributed by atoms with van der Waals surface area (Å²) in [6, 6.07) is 9.12. The summed E-state index contributed by atoms with van der Waals surface area (Å²) in [4.78, 5) is 0. The van der Waals surface area contributed by atoms with Gasteiger partial charge in [-0.05, 0) is 19.1 Å². The van der Waals surface area contributed by atoms with Gasteiger partial charge in [0, 0.05) is 6.07 Å². The van der Waals surface area contributed by atoms with E-state index in [4.69, 9.17) is 19.1 Å². The third kappa shape index (κ3) is 3.24. The van der Waals surface area contributed by atoms with Crippen LogP contribution < -0.4 is 9.47 Å². The standard InChI is InChI=1S/C13H15NO4/c1-10-8-11(14-18-10)9-17-13-5-3-2-4-12(13)16-7-6-15/h2-5,8,15H,6-7,9H2,1H3. The van der Waals surface area contributed by atoms with Crippen LogP contribution in [0.5, 0.6) is 11.5 Å². The van der Waals surface area contributed by atoms with Crippen LogP contribution in [-0.2, 0) is 6.61 Å². The smallest absolute Gasteiger partial charge is 0.161 e. The average Bonchev–Trinajstić information content (AvgIpc) is 2.81. The molecule has 0 aliphatic heterocycles. The number of aliphatic hydroxyl groups excluding tert-OH is 1. The third-order valence-electron chi connectivity index (χ3n) is 2.25. The lowest BCUT2D eigenvalue weighted by Crippen LogP contribution is -2.04. The van der Waals surface area contributed by atoms with Gasteiger partial charge in [-0.3, -0.25) is 0 Å². The molecule has 0 amide bonds. The van der Waals surface area contributed by atoms with Gasteiger partial charge in [0.25, 0.3) is 0 Å². The Morgan fingerprint density at radius 1 is 1.22 bits per heavy atom. The third-order valence-corrected chi connectivity index (χ3v) is 2.25. The summed E-state index contributed by atoms with van der Waals surface area (Å²) in [7, 11) is 0. The van der Waals surface area contributed by atoms with E-state index >= 15 is 0 Å². The van der Waals surface area contributed by atoms with E-state index < -0.39 is 0 Å². The Kier molecular flexibility index (Phi) is 4.20. The normalized spacial score (nSPS) is 10.3. The summed E-state index contributed by atoms with van der Waals surface area (Å²) in [6.45, 7) is 2.35. The van der Waals surface area contributed by atoms with Gasteiger partial charge in [0.05, 0.1) is 6.61 Å². The lowest BCUT2D eigenvalue weighted by molar-refractivity contribution is 0.191. The van der Waals surface area contributed by atoms with Gasteiger partial charge in [-0.2, -0.15) is 0 Å². The predicted molar refractivity (Wildman–Crippen MR) is 64.6 cm³/mol. The van der Waals surface area contributed by atoms with Crippen LogP contribution in [-0.4, -0.2) is 23.5 Å². The average molecular weight is 249 g/mol. The predicted octanol–water partition coefficient (Wildman–Crippen LogP) is 1.93. The van der Waals surface area contributed by atoms with Crippen LogP contribution in [0.1, 0.15) is 11.5 Å². The van der Waals surface area contributed by atoms with Crippen molar-refractivity contribution in [3.05, 3.63) is 41.8 Å². The van der Waals surface area contributed by atoms with Crippen LogP contribution in [0, 0.1) is 6.92 Å². The number of aryl methyl sites for hydroxylation is 1. The van der Waals surface area contributed by atoms with Crippen LogP contribution >= 0.6 is 0 Å². The molecule has 0 atom stereocenters. The zero-order valence-electron chi connectivity index (χ0n) is 10.1. The van der Waals surface area contributed by atoms with E-state index in [-0.39, 0.29) is 13.2 Å². The number of hydrogen-bond donors (Lipinski definition) is 1. The molecule has 0 aliphatic carbocycles. The first kappa shape index (κ1) is 12.4. The molecule has 1 N–H and O–H groups in total. The molecule has 1 aromatic carbocycles. The number of para-hydroxylation sites is 2. The second kappa shape index (κ2) is 6.07. The van der Waals surface area contributed by atoms with Crippen LogP contribution in [0.25, 0.3) is 0 Å². The number of rotatable bonds is 6. The topological polar surface area (TPSA) is 64.7 Å². The van der Waals surface area contributed by atoms with E-state index in [0.29, 0.717) is 18.1 Å². The molecule has 1 heterocycles. The Morgan fingerprint density at radius 2 is 1.94 bits per heavy atom. The highest BCUT2D eigenvalue weighted by atomic mass is 16.5. The maximum Gasteiger partial charge on any atom is 0.161 e. The second-order valence-electron chi connectivity index (χ2n) is 3.74. The first-order valence-electron chi connectivity index (χ1n) is 5.67. The van der Waals surface area contributed by atoms with Crippen molar-refractivity contribution in [3.8, 4) is 11.5 Å². The van der Waals surface area contributed by atoms with Gasteiger partial charge >= 0.3 is 0 Å². The van der Waals surface area contributed by atoms with Gasteiger partial charge in [0.15, 0.2) is 11.5 Å². The van der Waals surface area contributed by atoms with Crippen molar-refractivity contribution < 1.29 is 19.1 Å². The molecule has 18 heavy (non-hydrogen) atoms. The summed E-state index contributed by atoms with van der Waals surface area (Å²) in [5.74, 6) is 1.97. The summed E-state index contributed by atoms with van der Waals surface area (Å²) in [6.07, 6.45) is 0. The minimum absolute atomic E-state index is 0.0309. The Bertz CT molecular complexity index is 495. The Hall–Kier alpha value is -2.01. The monoisotopic (exact) mass is 249 g/mol. The van der Waals surface area contributed by atoms with Gasteiger partial charge in [-0.1, -0.05) is 17.3 Å². The highest BCUT2D eigenvalue weighted by Crippen LogP contribution is 2.27. The zero-order valence-corrected chi connectivity index (χ0v) is 10.1. The fraction of sp³-hybridized carbons (Fsp3) is 0.308. The molecule has 0 saturated heterocycles. The molecule has 0 saturated carbocycles. The molecule has 0 bridgehead atoms. The maximum absolute atomic E-state index is 8.74. The number of aliphatic hydroxyl groups is 1. The molecule has 0 unspecified atom stereocenters. The first-order valence-corrected chi connectivity index (χ1v) is 5.67. The van der Waals surface area contributed by atoms with Crippen LogP contribution in [0.3, 0.4) is 0 Å². The second-order valence-corrected chi connectivity index (χ2v) is 3.74. The minimum atomic E-state index is -0.0309. The minimum Gasteiger partial charge on any atom is -0.487 e. The van der Waals surface area contributed by atoms with Crippen molar-refractivity contribution in [2.45, 2.75) is 13.5 Å². The number of aromatic nitrogens is 1. The molecule has 5 heteroatoms. The molecule has 5 nitrogen and oxygen atoms in total. The van der Waals surface area contributed by atoms with Crippen LogP contribution in [0.2, 0.25) is 0 Å². The van der Waals surface area contributed by atoms with E-state index in [0.717, 1.165) is 11.5 Å². The quantitative estimate of drug-likeness (QED) is 0.847. The molecule has 0 spiro atoms. The molecule has 1 aromatic heterocycles. The highest BCUT2D eigenvalue weighted by Gasteiger charge is 2.06. The molecule has 2 aromatic rings. The van der Waals surface area contributed by atoms with E-state index in [1.54, 1.807) is 12.1 Å². The number of ether oxygens (including phenoxy) is 2. The zero-order chi connectivity index (χ0) is 12.8. The highest BCUT2D eigenvalue weighted by molar-refractivity contribution is 5.39. The molecule has 2 rings (SSSR count). The Balaban J connectivity index is 1.99. The molecule has 96 valence electrons. The van der Waals surface area contributed by atoms with Crippen LogP contribution in [0.15, 0.2) is 34.9 Å². The van der Waals surface area contributed by atoms with Crippen molar-refractivity contribution >= 4 is 0 Å². The molecular formula is C13H15NO4.